The second-order valence-electron chi connectivity index (χ2n) is 5.99. The van der Waals surface area contributed by atoms with Gasteiger partial charge in [-0.1, -0.05) is 41.8 Å². The van der Waals surface area contributed by atoms with E-state index in [2.05, 4.69) is 76.1 Å². The Morgan fingerprint density at radius 3 is 1.84 bits per heavy atom. The van der Waals surface area contributed by atoms with E-state index in [0.717, 1.165) is 0 Å². The minimum Gasteiger partial charge on any atom is -0.407 e. The summed E-state index contributed by atoms with van der Waals surface area (Å²) < 4.78 is 0. The Hall–Kier alpha value is -1.28. The van der Waals surface area contributed by atoms with E-state index < -0.39 is 8.24 Å². The summed E-state index contributed by atoms with van der Waals surface area (Å²) in [6, 6.07) is 10.6. The van der Waals surface area contributed by atoms with Gasteiger partial charge in [0.1, 0.15) is 0 Å². The third-order valence-electron chi connectivity index (χ3n) is 4.29. The van der Waals surface area contributed by atoms with Crippen LogP contribution >= 0.6 is 0 Å². The van der Waals surface area contributed by atoms with Crippen molar-refractivity contribution in [1.82, 2.24) is 0 Å². The maximum Gasteiger partial charge on any atom is 0.179 e. The van der Waals surface area contributed by atoms with E-state index in [1.165, 1.54) is 28.3 Å². The van der Waals surface area contributed by atoms with Gasteiger partial charge in [0.2, 0.25) is 0 Å². The summed E-state index contributed by atoms with van der Waals surface area (Å²) in [5.41, 5.74) is 5.66. The van der Waals surface area contributed by atoms with E-state index in [-0.39, 0.29) is 0 Å². The average Bonchev–Trinajstić information content (AvgIpc) is 2.55. The van der Waals surface area contributed by atoms with Crippen molar-refractivity contribution in [2.45, 2.75) is 40.8 Å². The summed E-state index contributed by atoms with van der Waals surface area (Å²) in [6.45, 7) is 13.8. The van der Waals surface area contributed by atoms with E-state index >= 15 is 0 Å². The van der Waals surface area contributed by atoms with Crippen LogP contribution in [0, 0.1) is 5.92 Å². The van der Waals surface area contributed by atoms with Gasteiger partial charge in [-0.3, -0.25) is 0 Å². The van der Waals surface area contributed by atoms with E-state index in [4.69, 9.17) is 0 Å². The first kappa shape index (κ1) is 14.1. The molecule has 2 rings (SSSR count). The standard InChI is InChI=1S/C17H24NSi/c1-12-13(2)15(4)17(14(12)3)19(5,6)18-16-10-8-7-9-11-16/h7-11,18H,1-6H3. The van der Waals surface area contributed by atoms with Gasteiger partial charge in [0, 0.05) is 11.6 Å². The van der Waals surface area contributed by atoms with E-state index in [1.54, 1.807) is 5.20 Å². The highest BCUT2D eigenvalue weighted by Crippen LogP contribution is 2.42. The van der Waals surface area contributed by atoms with Crippen LogP contribution in [0.15, 0.2) is 52.2 Å². The molecule has 1 nitrogen and oxygen atoms in total. The maximum atomic E-state index is 3.80. The molecule has 1 radical (unpaired) electrons. The molecular weight excluding hydrogens is 246 g/mol. The number of benzene rings is 1. The molecule has 0 fully saturated rings. The van der Waals surface area contributed by atoms with Crippen LogP contribution in [0.3, 0.4) is 0 Å². The molecule has 0 aliphatic heterocycles. The molecule has 101 valence electrons. The van der Waals surface area contributed by atoms with Crippen molar-refractivity contribution < 1.29 is 0 Å². The van der Waals surface area contributed by atoms with Crippen LogP contribution in [0.2, 0.25) is 13.1 Å². The zero-order valence-corrected chi connectivity index (χ0v) is 13.9. The predicted octanol–water partition coefficient (Wildman–Crippen LogP) is 5.10. The molecule has 0 heterocycles. The summed E-state index contributed by atoms with van der Waals surface area (Å²) in [5, 5.41) is 1.58. The van der Waals surface area contributed by atoms with Crippen molar-refractivity contribution in [2.24, 2.45) is 0 Å². The second kappa shape index (κ2) is 5.01. The Kier molecular flexibility index (Phi) is 3.72. The Balaban J connectivity index is 2.35. The van der Waals surface area contributed by atoms with Gasteiger partial charge in [-0.2, -0.15) is 0 Å². The van der Waals surface area contributed by atoms with Crippen LogP contribution in [-0.4, -0.2) is 8.24 Å². The number of anilines is 1. The normalized spacial score (nSPS) is 17.4. The van der Waals surface area contributed by atoms with Gasteiger partial charge >= 0.3 is 0 Å². The van der Waals surface area contributed by atoms with Crippen molar-refractivity contribution in [1.29, 1.82) is 0 Å². The van der Waals surface area contributed by atoms with E-state index in [9.17, 15) is 0 Å². The molecule has 1 aliphatic carbocycles. The molecular formula is C17H24NSi. The van der Waals surface area contributed by atoms with Gasteiger partial charge in [-0.05, 0) is 51.2 Å². The number of allylic oxidation sites excluding steroid dienone is 4. The first-order chi connectivity index (χ1) is 8.84. The Labute approximate surface area is 118 Å². The molecule has 0 amide bonds. The fraction of sp³-hybridized carbons (Fsp3) is 0.353. The zero-order chi connectivity index (χ0) is 14.2. The Bertz CT molecular complexity index is 538. The summed E-state index contributed by atoms with van der Waals surface area (Å²) in [4.78, 5) is 3.80. The molecule has 0 saturated carbocycles. The molecule has 19 heavy (non-hydrogen) atoms. The minimum absolute atomic E-state index is 1.23. The SMILES string of the molecule is C[C]1C(C)=C(C)C([Si](C)(C)Nc2ccccc2)=C1C. The lowest BCUT2D eigenvalue weighted by atomic mass is 10.0. The fourth-order valence-corrected chi connectivity index (χ4v) is 6.36. The summed E-state index contributed by atoms with van der Waals surface area (Å²) >= 11 is 0. The summed E-state index contributed by atoms with van der Waals surface area (Å²) in [5.74, 6) is 1.46. The summed E-state index contributed by atoms with van der Waals surface area (Å²) in [6.07, 6.45) is 0. The molecule has 2 heteroatoms. The van der Waals surface area contributed by atoms with Gasteiger partial charge in [0.15, 0.2) is 8.24 Å². The van der Waals surface area contributed by atoms with E-state index in [1.807, 2.05) is 0 Å². The molecule has 0 bridgehead atoms. The predicted molar refractivity (Wildman–Crippen MR) is 87.5 cm³/mol. The Morgan fingerprint density at radius 2 is 1.37 bits per heavy atom. The number of hydrogen-bond acceptors (Lipinski definition) is 1. The second-order valence-corrected chi connectivity index (χ2v) is 9.99. The van der Waals surface area contributed by atoms with E-state index in [0.29, 0.717) is 0 Å². The molecule has 1 N–H and O–H groups in total. The number of nitrogens with one attached hydrogen (secondary N) is 1. The van der Waals surface area contributed by atoms with Gasteiger partial charge in [0.25, 0.3) is 0 Å². The minimum atomic E-state index is -1.67. The van der Waals surface area contributed by atoms with Gasteiger partial charge in [0.05, 0.1) is 0 Å². The van der Waals surface area contributed by atoms with Crippen molar-refractivity contribution in [3.05, 3.63) is 58.2 Å². The Morgan fingerprint density at radius 1 is 0.789 bits per heavy atom. The van der Waals surface area contributed by atoms with Crippen molar-refractivity contribution in [3.8, 4) is 0 Å². The lowest BCUT2D eigenvalue weighted by Gasteiger charge is -2.29. The topological polar surface area (TPSA) is 12.0 Å². The van der Waals surface area contributed by atoms with Crippen LogP contribution in [-0.2, 0) is 0 Å². The monoisotopic (exact) mass is 270 g/mol. The van der Waals surface area contributed by atoms with Crippen LogP contribution in [0.25, 0.3) is 0 Å². The molecule has 1 aliphatic rings. The highest BCUT2D eigenvalue weighted by Gasteiger charge is 2.35. The number of para-hydroxylation sites is 1. The van der Waals surface area contributed by atoms with Crippen LogP contribution in [0.1, 0.15) is 27.7 Å². The van der Waals surface area contributed by atoms with Crippen molar-refractivity contribution in [2.75, 3.05) is 4.98 Å². The lowest BCUT2D eigenvalue weighted by molar-refractivity contribution is 1.14. The third kappa shape index (κ3) is 2.55. The number of rotatable bonds is 3. The molecule has 0 aromatic heterocycles. The highest BCUT2D eigenvalue weighted by molar-refractivity contribution is 6.88. The lowest BCUT2D eigenvalue weighted by Crippen LogP contribution is -2.40. The van der Waals surface area contributed by atoms with Gasteiger partial charge in [-0.25, -0.2) is 0 Å². The molecule has 1 aromatic rings. The smallest absolute Gasteiger partial charge is 0.179 e. The maximum absolute atomic E-state index is 3.80. The van der Waals surface area contributed by atoms with Crippen LogP contribution in [0.4, 0.5) is 5.69 Å². The molecule has 0 unspecified atom stereocenters. The largest absolute Gasteiger partial charge is 0.407 e. The first-order valence-electron chi connectivity index (χ1n) is 6.91. The van der Waals surface area contributed by atoms with Crippen LogP contribution < -0.4 is 4.98 Å². The molecule has 0 saturated heterocycles. The van der Waals surface area contributed by atoms with Gasteiger partial charge in [-0.15, -0.1) is 0 Å². The van der Waals surface area contributed by atoms with Crippen molar-refractivity contribution in [3.63, 3.8) is 0 Å². The molecule has 1 aromatic carbocycles. The zero-order valence-electron chi connectivity index (χ0n) is 12.9. The first-order valence-corrected chi connectivity index (χ1v) is 9.91. The fourth-order valence-electron chi connectivity index (χ4n) is 3.10. The third-order valence-corrected chi connectivity index (χ3v) is 7.21. The van der Waals surface area contributed by atoms with Crippen LogP contribution in [0.5, 0.6) is 0 Å². The van der Waals surface area contributed by atoms with Gasteiger partial charge < -0.3 is 4.98 Å². The molecule has 0 atom stereocenters. The molecule has 0 spiro atoms. The van der Waals surface area contributed by atoms with Crippen molar-refractivity contribution >= 4 is 13.9 Å². The highest BCUT2D eigenvalue weighted by atomic mass is 28.3. The quantitative estimate of drug-likeness (QED) is 0.753. The number of hydrogen-bond donors (Lipinski definition) is 1. The summed E-state index contributed by atoms with van der Waals surface area (Å²) in [7, 11) is -1.67. The average molecular weight is 270 g/mol.